The number of benzene rings is 1. The van der Waals surface area contributed by atoms with E-state index < -0.39 is 0 Å². The Morgan fingerprint density at radius 2 is 1.71 bits per heavy atom. The lowest BCUT2D eigenvalue weighted by molar-refractivity contribution is 0.0827. The van der Waals surface area contributed by atoms with Gasteiger partial charge in [-0.2, -0.15) is 0 Å². The minimum Gasteiger partial charge on any atom is -0.369 e. The highest BCUT2D eigenvalue weighted by molar-refractivity contribution is 5.27. The molecule has 0 spiro atoms. The van der Waals surface area contributed by atoms with Crippen molar-refractivity contribution in [2.24, 2.45) is 0 Å². The Balaban J connectivity index is 2.51. The highest BCUT2D eigenvalue weighted by Crippen LogP contribution is 2.22. The molecule has 0 aliphatic carbocycles. The fourth-order valence-electron chi connectivity index (χ4n) is 1.78. The van der Waals surface area contributed by atoms with Gasteiger partial charge in [-0.15, -0.1) is 0 Å². The lowest BCUT2D eigenvalue weighted by Gasteiger charge is -2.19. The van der Waals surface area contributed by atoms with Gasteiger partial charge in [0.25, 0.3) is 0 Å². The van der Waals surface area contributed by atoms with Crippen LogP contribution in [0.5, 0.6) is 0 Å². The van der Waals surface area contributed by atoms with E-state index in [2.05, 4.69) is 57.0 Å². The van der Waals surface area contributed by atoms with E-state index in [1.807, 2.05) is 0 Å². The minimum atomic E-state index is 0.241. The van der Waals surface area contributed by atoms with E-state index >= 15 is 0 Å². The van der Waals surface area contributed by atoms with E-state index in [1.54, 1.807) is 7.11 Å². The quantitative estimate of drug-likeness (QED) is 0.727. The molecule has 0 N–H and O–H groups in total. The smallest absolute Gasteiger partial charge is 0.0984 e. The average Bonchev–Trinajstić information content (AvgIpc) is 2.26. The van der Waals surface area contributed by atoms with Crippen LogP contribution in [0.4, 0.5) is 0 Å². The molecule has 2 nitrogen and oxygen atoms in total. The van der Waals surface area contributed by atoms with Crippen molar-refractivity contribution < 1.29 is 4.74 Å². The molecule has 0 saturated heterocycles. The predicted octanol–water partition coefficient (Wildman–Crippen LogP) is 3.06. The maximum absolute atomic E-state index is 5.08. The zero-order valence-electron chi connectivity index (χ0n) is 11.8. The fourth-order valence-corrected chi connectivity index (χ4v) is 1.78. The first kappa shape index (κ1) is 14.2. The molecule has 1 aromatic rings. The summed E-state index contributed by atoms with van der Waals surface area (Å²) < 4.78 is 5.08. The van der Waals surface area contributed by atoms with E-state index in [-0.39, 0.29) is 5.41 Å². The van der Waals surface area contributed by atoms with Crippen LogP contribution in [-0.4, -0.2) is 32.3 Å². The maximum Gasteiger partial charge on any atom is 0.0984 e. The van der Waals surface area contributed by atoms with Gasteiger partial charge < -0.3 is 4.74 Å². The number of hydrogen-bond donors (Lipinski definition) is 0. The Labute approximate surface area is 106 Å². The number of hydrogen-bond acceptors (Lipinski definition) is 2. The molecule has 0 fully saturated rings. The van der Waals surface area contributed by atoms with Crippen molar-refractivity contribution in [2.75, 3.05) is 27.4 Å². The van der Waals surface area contributed by atoms with Crippen molar-refractivity contribution in [3.05, 3.63) is 35.4 Å². The zero-order chi connectivity index (χ0) is 12.9. The molecule has 0 heterocycles. The summed E-state index contributed by atoms with van der Waals surface area (Å²) in [4.78, 5) is 2.18. The fraction of sp³-hybridized carbons (Fsp3) is 0.600. The summed E-state index contributed by atoms with van der Waals surface area (Å²) in [6, 6.07) is 8.96. The van der Waals surface area contributed by atoms with E-state index in [0.717, 1.165) is 13.0 Å². The molecule has 0 aliphatic heterocycles. The normalized spacial score (nSPS) is 12.1. The number of likely N-dealkylation sites (N-methyl/N-ethyl adjacent to an activating group) is 1. The molecule has 17 heavy (non-hydrogen) atoms. The molecule has 0 aliphatic rings. The van der Waals surface area contributed by atoms with Gasteiger partial charge in [-0.1, -0.05) is 45.0 Å². The summed E-state index contributed by atoms with van der Waals surface area (Å²) in [5.41, 5.74) is 3.03. The van der Waals surface area contributed by atoms with Gasteiger partial charge in [-0.3, -0.25) is 4.90 Å². The molecule has 1 aromatic carbocycles. The van der Waals surface area contributed by atoms with Gasteiger partial charge in [0, 0.05) is 13.7 Å². The van der Waals surface area contributed by atoms with Crippen molar-refractivity contribution in [3.63, 3.8) is 0 Å². The standard InChI is InChI=1S/C15H25NO/c1-15(2,3)14-8-6-13(7-9-14)10-11-16(4)12-17-5/h6-9H,10-12H2,1-5H3. The second-order valence-corrected chi connectivity index (χ2v) is 5.69. The van der Waals surface area contributed by atoms with Gasteiger partial charge >= 0.3 is 0 Å². The summed E-state index contributed by atoms with van der Waals surface area (Å²) in [6.07, 6.45) is 1.07. The highest BCUT2D eigenvalue weighted by atomic mass is 16.5. The predicted molar refractivity (Wildman–Crippen MR) is 73.4 cm³/mol. The monoisotopic (exact) mass is 235 g/mol. The molecule has 0 aromatic heterocycles. The van der Waals surface area contributed by atoms with Gasteiger partial charge in [-0.05, 0) is 30.0 Å². The van der Waals surface area contributed by atoms with E-state index in [4.69, 9.17) is 4.74 Å². The Kier molecular flexibility index (Phi) is 5.16. The number of ether oxygens (including phenoxy) is 1. The SMILES string of the molecule is COCN(C)CCc1ccc(C(C)(C)C)cc1. The first-order chi connectivity index (χ1) is 7.93. The Hall–Kier alpha value is -0.860. The van der Waals surface area contributed by atoms with Gasteiger partial charge in [0.2, 0.25) is 0 Å². The third-order valence-corrected chi connectivity index (χ3v) is 2.95. The topological polar surface area (TPSA) is 12.5 Å². The van der Waals surface area contributed by atoms with Crippen molar-refractivity contribution in [1.82, 2.24) is 4.90 Å². The second kappa shape index (κ2) is 6.18. The molecule has 2 heteroatoms. The van der Waals surface area contributed by atoms with E-state index in [0.29, 0.717) is 6.73 Å². The Bertz CT molecular complexity index is 324. The van der Waals surface area contributed by atoms with Crippen LogP contribution in [0.15, 0.2) is 24.3 Å². The first-order valence-electron chi connectivity index (χ1n) is 6.20. The van der Waals surface area contributed by atoms with Crippen LogP contribution in [0.3, 0.4) is 0 Å². The molecule has 96 valence electrons. The molecule has 0 amide bonds. The number of rotatable bonds is 5. The largest absolute Gasteiger partial charge is 0.369 e. The second-order valence-electron chi connectivity index (χ2n) is 5.69. The summed E-state index contributed by atoms with van der Waals surface area (Å²) in [6.45, 7) is 8.46. The van der Waals surface area contributed by atoms with Crippen LogP contribution in [-0.2, 0) is 16.6 Å². The third kappa shape index (κ3) is 4.88. The van der Waals surface area contributed by atoms with Crippen molar-refractivity contribution >= 4 is 0 Å². The molecular formula is C15H25NO. The number of methoxy groups -OCH3 is 1. The lowest BCUT2D eigenvalue weighted by atomic mass is 9.86. The summed E-state index contributed by atoms with van der Waals surface area (Å²) >= 11 is 0. The first-order valence-corrected chi connectivity index (χ1v) is 6.20. The maximum atomic E-state index is 5.08. The molecule has 1 rings (SSSR count). The van der Waals surface area contributed by atoms with E-state index in [9.17, 15) is 0 Å². The molecule has 0 unspecified atom stereocenters. The Morgan fingerprint density at radius 1 is 1.12 bits per heavy atom. The molecule has 0 bridgehead atoms. The van der Waals surface area contributed by atoms with Crippen molar-refractivity contribution in [1.29, 1.82) is 0 Å². The van der Waals surface area contributed by atoms with Crippen LogP contribution in [0.2, 0.25) is 0 Å². The van der Waals surface area contributed by atoms with Gasteiger partial charge in [-0.25, -0.2) is 0 Å². The zero-order valence-corrected chi connectivity index (χ0v) is 11.8. The lowest BCUT2D eigenvalue weighted by Crippen LogP contribution is -2.23. The van der Waals surface area contributed by atoms with Crippen LogP contribution in [0.1, 0.15) is 31.9 Å². The average molecular weight is 235 g/mol. The molecule has 0 saturated carbocycles. The summed E-state index contributed by atoms with van der Waals surface area (Å²) in [7, 11) is 3.81. The minimum absolute atomic E-state index is 0.241. The van der Waals surface area contributed by atoms with Gasteiger partial charge in [0.1, 0.15) is 0 Å². The van der Waals surface area contributed by atoms with E-state index in [1.165, 1.54) is 11.1 Å². The summed E-state index contributed by atoms with van der Waals surface area (Å²) in [5, 5.41) is 0. The van der Waals surface area contributed by atoms with Crippen molar-refractivity contribution in [2.45, 2.75) is 32.6 Å². The molecular weight excluding hydrogens is 210 g/mol. The van der Waals surface area contributed by atoms with Crippen molar-refractivity contribution in [3.8, 4) is 0 Å². The van der Waals surface area contributed by atoms with Crippen LogP contribution in [0, 0.1) is 0 Å². The molecule has 0 atom stereocenters. The van der Waals surface area contributed by atoms with Crippen LogP contribution < -0.4 is 0 Å². The van der Waals surface area contributed by atoms with Gasteiger partial charge in [0.15, 0.2) is 0 Å². The summed E-state index contributed by atoms with van der Waals surface area (Å²) in [5.74, 6) is 0. The van der Waals surface area contributed by atoms with Crippen LogP contribution >= 0.6 is 0 Å². The third-order valence-electron chi connectivity index (χ3n) is 2.95. The van der Waals surface area contributed by atoms with Gasteiger partial charge in [0.05, 0.1) is 6.73 Å². The molecule has 0 radical (unpaired) electrons. The van der Waals surface area contributed by atoms with Crippen LogP contribution in [0.25, 0.3) is 0 Å². The number of nitrogens with zero attached hydrogens (tertiary/aromatic N) is 1. The Morgan fingerprint density at radius 3 is 2.18 bits per heavy atom. The highest BCUT2D eigenvalue weighted by Gasteiger charge is 2.12.